The monoisotopic (exact) mass is 625 g/mol. The number of hydrogen-bond acceptors (Lipinski definition) is 6. The summed E-state index contributed by atoms with van der Waals surface area (Å²) in [7, 11) is 4.85. The van der Waals surface area contributed by atoms with Gasteiger partial charge in [-0.05, 0) is 63.0 Å². The maximum atomic E-state index is 14.7. The van der Waals surface area contributed by atoms with Gasteiger partial charge in [0.2, 0.25) is 0 Å². The van der Waals surface area contributed by atoms with Gasteiger partial charge in [0.05, 0.1) is 19.8 Å². The van der Waals surface area contributed by atoms with Crippen molar-refractivity contribution in [2.24, 2.45) is 0 Å². The second kappa shape index (κ2) is 11.7. The fourth-order valence-corrected chi connectivity index (χ4v) is 5.87. The summed E-state index contributed by atoms with van der Waals surface area (Å²) < 4.78 is 118. The van der Waals surface area contributed by atoms with Gasteiger partial charge in [0, 0.05) is 23.6 Å². The maximum absolute atomic E-state index is 14.7. The third kappa shape index (κ3) is 6.28. The van der Waals surface area contributed by atoms with Gasteiger partial charge in [0.1, 0.15) is 11.5 Å². The Morgan fingerprint density at radius 1 is 0.977 bits per heavy atom. The topological polar surface area (TPSA) is 80.3 Å². The molecule has 0 radical (unpaired) electrons. The van der Waals surface area contributed by atoms with Crippen molar-refractivity contribution in [1.82, 2.24) is 10.2 Å². The number of urea groups is 1. The first-order chi connectivity index (χ1) is 20.0. The smallest absolute Gasteiger partial charge is 0.493 e. The van der Waals surface area contributed by atoms with Gasteiger partial charge in [-0.3, -0.25) is 0 Å². The number of hydrogen-bond donors (Lipinski definition) is 1. The van der Waals surface area contributed by atoms with E-state index in [1.165, 1.54) is 14.2 Å². The Kier molecular flexibility index (Phi) is 8.73. The van der Waals surface area contributed by atoms with Crippen LogP contribution >= 0.6 is 0 Å². The van der Waals surface area contributed by atoms with Gasteiger partial charge in [-0.25, -0.2) is 18.4 Å². The largest absolute Gasteiger partial charge is 0.493 e. The number of rotatable bonds is 5. The highest BCUT2D eigenvalue weighted by Crippen LogP contribution is 2.50. The number of nitrogens with one attached hydrogen (secondary N) is 1. The number of likely N-dealkylation sites (tertiary alicyclic amines) is 1. The van der Waals surface area contributed by atoms with E-state index in [4.69, 9.17) is 9.47 Å². The Morgan fingerprint density at radius 2 is 1.65 bits per heavy atom. The lowest BCUT2D eigenvalue weighted by molar-refractivity contribution is -0.199. The molecule has 16 heteroatoms. The lowest BCUT2D eigenvalue weighted by Gasteiger charge is -2.45. The van der Waals surface area contributed by atoms with Gasteiger partial charge < -0.3 is 24.5 Å². The van der Waals surface area contributed by atoms with E-state index in [-0.39, 0.29) is 31.0 Å². The number of fused-ring (bicyclic) bond motifs is 1. The molecular formula is C27H27F8N3O5. The maximum Gasteiger partial charge on any atom is 0.493 e. The van der Waals surface area contributed by atoms with Gasteiger partial charge in [0.25, 0.3) is 0 Å². The number of hydroxylamine groups is 1. The van der Waals surface area contributed by atoms with Gasteiger partial charge in [0.15, 0.2) is 17.3 Å². The zero-order chi connectivity index (χ0) is 31.9. The van der Waals surface area contributed by atoms with Crippen molar-refractivity contribution < 1.29 is 59.0 Å². The SMILES string of the molecule is COc1ccc([C@@]23CC[C@@H](NC(=O)N(OC(=O)C(F)(F)F)c4cc(F)c(C(F)(F)F)cc4F)C[C@@H]2N(C)CC3)cc1OC. The van der Waals surface area contributed by atoms with Gasteiger partial charge >= 0.3 is 24.4 Å². The normalized spacial score (nSPS) is 22.5. The molecule has 1 aliphatic carbocycles. The molecule has 2 aromatic rings. The molecule has 43 heavy (non-hydrogen) atoms. The zero-order valence-electron chi connectivity index (χ0n) is 23.0. The first-order valence-corrected chi connectivity index (χ1v) is 12.9. The molecule has 2 aromatic carbocycles. The van der Waals surface area contributed by atoms with Crippen LogP contribution in [0.3, 0.4) is 0 Å². The number of likely N-dealkylation sites (N-methyl/N-ethyl adjacent to an activating group) is 1. The standard InChI is InChI=1S/C27H27F8N3O5/c1-37-9-8-25(14-4-5-20(41-2)21(10-14)42-3)7-6-15(11-22(25)37)36-24(40)38(43-23(39)27(33,34)35)19-13-17(28)16(12-18(19)29)26(30,31)32/h4-5,10,12-13,15,22H,6-9,11H2,1-3H3,(H,36,40)/t15-,22+,25+/m1/s1. The highest BCUT2D eigenvalue weighted by molar-refractivity contribution is 5.93. The molecule has 1 saturated heterocycles. The van der Waals surface area contributed by atoms with Crippen molar-refractivity contribution in [3.63, 3.8) is 0 Å². The summed E-state index contributed by atoms with van der Waals surface area (Å²) in [5, 5.41) is 1.84. The van der Waals surface area contributed by atoms with Crippen molar-refractivity contribution in [3.05, 3.63) is 53.1 Å². The van der Waals surface area contributed by atoms with E-state index in [1.54, 1.807) is 6.07 Å². The molecule has 4 rings (SSSR count). The molecular weight excluding hydrogens is 598 g/mol. The molecule has 0 unspecified atom stereocenters. The highest BCUT2D eigenvalue weighted by atomic mass is 19.4. The Morgan fingerprint density at radius 3 is 2.26 bits per heavy atom. The van der Waals surface area contributed by atoms with Gasteiger partial charge in [-0.15, -0.1) is 5.06 Å². The quantitative estimate of drug-likeness (QED) is 0.338. The summed E-state index contributed by atoms with van der Waals surface area (Å²) in [5.41, 5.74) is -3.00. The van der Waals surface area contributed by atoms with Crippen LogP contribution in [0, 0.1) is 11.6 Å². The van der Waals surface area contributed by atoms with Crippen LogP contribution in [0.1, 0.15) is 36.8 Å². The molecule has 0 spiro atoms. The molecule has 2 aliphatic rings. The van der Waals surface area contributed by atoms with Crippen LogP contribution in [0.5, 0.6) is 11.5 Å². The molecule has 2 amide bonds. The molecule has 1 heterocycles. The number of methoxy groups -OCH3 is 2. The number of amides is 2. The van der Waals surface area contributed by atoms with Crippen molar-refractivity contribution in [2.45, 2.75) is 55.5 Å². The third-order valence-corrected chi connectivity index (χ3v) is 7.96. The fraction of sp³-hybridized carbons (Fsp3) is 0.481. The Balaban J connectivity index is 1.61. The lowest BCUT2D eigenvalue weighted by atomic mass is 9.65. The summed E-state index contributed by atoms with van der Waals surface area (Å²) >= 11 is 0. The number of carbonyl (C=O) groups excluding carboxylic acids is 2. The molecule has 236 valence electrons. The number of anilines is 1. The van der Waals surface area contributed by atoms with Crippen LogP contribution in [0.15, 0.2) is 30.3 Å². The zero-order valence-corrected chi connectivity index (χ0v) is 23.0. The second-order valence-electron chi connectivity index (χ2n) is 10.3. The molecule has 3 atom stereocenters. The fourth-order valence-electron chi connectivity index (χ4n) is 5.87. The molecule has 8 nitrogen and oxygen atoms in total. The summed E-state index contributed by atoms with van der Waals surface area (Å²) in [4.78, 5) is 30.8. The van der Waals surface area contributed by atoms with Gasteiger partial charge in [-0.2, -0.15) is 26.3 Å². The minimum absolute atomic E-state index is 0.172. The molecule has 2 fully saturated rings. The van der Waals surface area contributed by atoms with Gasteiger partial charge in [-0.1, -0.05) is 6.07 Å². The van der Waals surface area contributed by atoms with Crippen molar-refractivity contribution in [2.75, 3.05) is 32.9 Å². The van der Waals surface area contributed by atoms with E-state index in [0.717, 1.165) is 12.0 Å². The predicted octanol–water partition coefficient (Wildman–Crippen LogP) is 5.73. The van der Waals surface area contributed by atoms with Crippen molar-refractivity contribution >= 4 is 17.7 Å². The number of halogens is 8. The van der Waals surface area contributed by atoms with E-state index in [9.17, 15) is 44.7 Å². The van der Waals surface area contributed by atoms with Crippen LogP contribution in [-0.4, -0.2) is 63.0 Å². The number of alkyl halides is 6. The van der Waals surface area contributed by atoms with Crippen LogP contribution in [0.2, 0.25) is 0 Å². The minimum Gasteiger partial charge on any atom is -0.493 e. The molecule has 1 saturated carbocycles. The number of benzene rings is 2. The highest BCUT2D eigenvalue weighted by Gasteiger charge is 2.51. The average Bonchev–Trinajstić information content (AvgIpc) is 3.27. The number of ether oxygens (including phenoxy) is 2. The first kappa shape index (κ1) is 32.1. The van der Waals surface area contributed by atoms with Crippen LogP contribution < -0.4 is 19.9 Å². The molecule has 1 N–H and O–H groups in total. The Bertz CT molecular complexity index is 1390. The molecule has 0 aromatic heterocycles. The molecule has 0 bridgehead atoms. The van der Waals surface area contributed by atoms with Crippen molar-refractivity contribution in [3.8, 4) is 11.5 Å². The molecule has 1 aliphatic heterocycles. The Labute approximate surface area is 240 Å². The number of carbonyl (C=O) groups is 2. The lowest BCUT2D eigenvalue weighted by Crippen LogP contribution is -2.54. The first-order valence-electron chi connectivity index (χ1n) is 12.9. The third-order valence-electron chi connectivity index (χ3n) is 7.96. The van der Waals surface area contributed by atoms with Crippen LogP contribution in [0.25, 0.3) is 0 Å². The second-order valence-corrected chi connectivity index (χ2v) is 10.3. The van der Waals surface area contributed by atoms with Crippen LogP contribution in [-0.2, 0) is 21.2 Å². The van der Waals surface area contributed by atoms with E-state index >= 15 is 0 Å². The Hall–Kier alpha value is -3.82. The minimum atomic E-state index is -5.67. The summed E-state index contributed by atoms with van der Waals surface area (Å²) in [6, 6.07) is 2.43. The number of nitrogens with zero attached hydrogens (tertiary/aromatic N) is 2. The summed E-state index contributed by atoms with van der Waals surface area (Å²) in [6.07, 6.45) is -9.29. The summed E-state index contributed by atoms with van der Waals surface area (Å²) in [6.45, 7) is 0.672. The van der Waals surface area contributed by atoms with E-state index in [2.05, 4.69) is 10.2 Å². The van der Waals surface area contributed by atoms with E-state index < -0.39 is 63.8 Å². The predicted molar refractivity (Wildman–Crippen MR) is 134 cm³/mol. The van der Waals surface area contributed by atoms with Crippen molar-refractivity contribution in [1.29, 1.82) is 0 Å². The van der Waals surface area contributed by atoms with Crippen LogP contribution in [0.4, 0.5) is 45.6 Å². The van der Waals surface area contributed by atoms with E-state index in [0.29, 0.717) is 24.5 Å². The van der Waals surface area contributed by atoms with E-state index in [1.807, 2.05) is 24.1 Å². The summed E-state index contributed by atoms with van der Waals surface area (Å²) in [5.74, 6) is -6.01. The average molecular weight is 626 g/mol.